The molecule has 2 aromatic carbocycles. The predicted octanol–water partition coefficient (Wildman–Crippen LogP) is 3.78. The second kappa shape index (κ2) is 9.74. The van der Waals surface area contributed by atoms with Crippen molar-refractivity contribution in [3.63, 3.8) is 0 Å². The van der Waals surface area contributed by atoms with E-state index in [4.69, 9.17) is 4.74 Å². The number of anilines is 2. The molecule has 0 saturated carbocycles. The minimum atomic E-state index is -0.340. The number of para-hydroxylation sites is 1. The van der Waals surface area contributed by atoms with E-state index < -0.39 is 0 Å². The van der Waals surface area contributed by atoms with Crippen LogP contribution in [0.25, 0.3) is 0 Å². The van der Waals surface area contributed by atoms with Gasteiger partial charge < -0.3 is 15.4 Å². The molecule has 6 heteroatoms. The summed E-state index contributed by atoms with van der Waals surface area (Å²) in [4.78, 5) is 24.1. The highest BCUT2D eigenvalue weighted by Crippen LogP contribution is 2.18. The first kappa shape index (κ1) is 18.9. The Kier molecular flexibility index (Phi) is 7.35. The van der Waals surface area contributed by atoms with Crippen LogP contribution in [-0.4, -0.2) is 29.4 Å². The molecule has 0 aromatic heterocycles. The first-order valence-electron chi connectivity index (χ1n) is 8.08. The summed E-state index contributed by atoms with van der Waals surface area (Å²) in [5.41, 5.74) is 1.45. The lowest BCUT2D eigenvalue weighted by Gasteiger charge is -2.12. The van der Waals surface area contributed by atoms with Gasteiger partial charge in [-0.2, -0.15) is 0 Å². The fraction of sp³-hybridized carbons (Fsp3) is 0.263. The Hall–Kier alpha value is -2.47. The number of ether oxygens (including phenoxy) is 1. The SMILES string of the molecule is CCOc1ccc(NC(=O)C(C)SCC(=O)Nc2ccccc2)cc1. The number of rotatable bonds is 8. The van der Waals surface area contributed by atoms with Gasteiger partial charge in [0, 0.05) is 11.4 Å². The van der Waals surface area contributed by atoms with Gasteiger partial charge in [-0.15, -0.1) is 11.8 Å². The Bertz CT molecular complexity index is 690. The van der Waals surface area contributed by atoms with Crippen molar-refractivity contribution in [3.05, 3.63) is 54.6 Å². The number of carbonyl (C=O) groups excluding carboxylic acids is 2. The second-order valence-corrected chi connectivity index (χ2v) is 6.64. The molecule has 0 heterocycles. The molecule has 2 amide bonds. The quantitative estimate of drug-likeness (QED) is 0.753. The van der Waals surface area contributed by atoms with Gasteiger partial charge in [-0.25, -0.2) is 0 Å². The third-order valence-electron chi connectivity index (χ3n) is 3.32. The standard InChI is InChI=1S/C19H22N2O3S/c1-3-24-17-11-9-16(10-12-17)21-19(23)14(2)25-13-18(22)20-15-7-5-4-6-8-15/h4-12,14H,3,13H2,1-2H3,(H,20,22)(H,21,23). The largest absolute Gasteiger partial charge is 0.494 e. The molecule has 0 aliphatic rings. The minimum Gasteiger partial charge on any atom is -0.494 e. The summed E-state index contributed by atoms with van der Waals surface area (Å²) in [7, 11) is 0. The van der Waals surface area contributed by atoms with Gasteiger partial charge in [0.15, 0.2) is 0 Å². The molecule has 1 unspecified atom stereocenters. The zero-order chi connectivity index (χ0) is 18.1. The molecule has 0 radical (unpaired) electrons. The number of hydrogen-bond acceptors (Lipinski definition) is 4. The van der Waals surface area contributed by atoms with Crippen LogP contribution >= 0.6 is 11.8 Å². The fourth-order valence-corrected chi connectivity index (χ4v) is 2.72. The molecule has 0 spiro atoms. The van der Waals surface area contributed by atoms with Gasteiger partial charge in [0.25, 0.3) is 0 Å². The fourth-order valence-electron chi connectivity index (χ4n) is 2.04. The van der Waals surface area contributed by atoms with Crippen LogP contribution in [0.3, 0.4) is 0 Å². The van der Waals surface area contributed by atoms with Crippen LogP contribution in [0.2, 0.25) is 0 Å². The lowest BCUT2D eigenvalue weighted by molar-refractivity contribution is -0.115. The monoisotopic (exact) mass is 358 g/mol. The van der Waals surface area contributed by atoms with E-state index in [0.717, 1.165) is 11.4 Å². The maximum Gasteiger partial charge on any atom is 0.237 e. The smallest absolute Gasteiger partial charge is 0.237 e. The summed E-state index contributed by atoms with van der Waals surface area (Å²) < 4.78 is 5.37. The second-order valence-electron chi connectivity index (χ2n) is 5.31. The molecule has 1 atom stereocenters. The normalized spacial score (nSPS) is 11.4. The van der Waals surface area contributed by atoms with E-state index in [1.807, 2.05) is 49.4 Å². The number of amides is 2. The van der Waals surface area contributed by atoms with E-state index in [1.165, 1.54) is 11.8 Å². The summed E-state index contributed by atoms with van der Waals surface area (Å²) in [6.07, 6.45) is 0. The predicted molar refractivity (Wildman–Crippen MR) is 103 cm³/mol. The first-order valence-corrected chi connectivity index (χ1v) is 9.13. The van der Waals surface area contributed by atoms with Gasteiger partial charge in [0.05, 0.1) is 17.6 Å². The number of benzene rings is 2. The summed E-state index contributed by atoms with van der Waals surface area (Å²) >= 11 is 1.29. The summed E-state index contributed by atoms with van der Waals surface area (Å²) in [5, 5.41) is 5.30. The van der Waals surface area contributed by atoms with Crippen molar-refractivity contribution in [2.75, 3.05) is 23.0 Å². The molecule has 2 aromatic rings. The molecular weight excluding hydrogens is 336 g/mol. The molecule has 0 saturated heterocycles. The maximum atomic E-state index is 12.2. The van der Waals surface area contributed by atoms with Crippen molar-refractivity contribution in [2.45, 2.75) is 19.1 Å². The molecule has 2 N–H and O–H groups in total. The molecule has 0 fully saturated rings. The Morgan fingerprint density at radius 3 is 2.28 bits per heavy atom. The zero-order valence-electron chi connectivity index (χ0n) is 14.3. The third-order valence-corrected chi connectivity index (χ3v) is 4.47. The minimum absolute atomic E-state index is 0.128. The van der Waals surface area contributed by atoms with Crippen LogP contribution in [0, 0.1) is 0 Å². The van der Waals surface area contributed by atoms with E-state index in [-0.39, 0.29) is 22.8 Å². The number of nitrogens with one attached hydrogen (secondary N) is 2. The Labute approximate surface area is 152 Å². The summed E-state index contributed by atoms with van der Waals surface area (Å²) in [6.45, 7) is 4.30. The van der Waals surface area contributed by atoms with Gasteiger partial charge in [-0.3, -0.25) is 9.59 Å². The topological polar surface area (TPSA) is 67.4 Å². The van der Waals surface area contributed by atoms with Gasteiger partial charge in [-0.1, -0.05) is 18.2 Å². The molecule has 5 nitrogen and oxygen atoms in total. The van der Waals surface area contributed by atoms with Crippen molar-refractivity contribution >= 4 is 35.0 Å². The molecule has 0 bridgehead atoms. The molecule has 132 valence electrons. The summed E-state index contributed by atoms with van der Waals surface area (Å²) in [6, 6.07) is 16.5. The Morgan fingerprint density at radius 2 is 1.64 bits per heavy atom. The van der Waals surface area contributed by atoms with Crippen molar-refractivity contribution < 1.29 is 14.3 Å². The third kappa shape index (κ3) is 6.51. The van der Waals surface area contributed by atoms with Crippen LogP contribution in [-0.2, 0) is 9.59 Å². The van der Waals surface area contributed by atoms with Gasteiger partial charge in [0.1, 0.15) is 5.75 Å². The lowest BCUT2D eigenvalue weighted by Crippen LogP contribution is -2.25. The van der Waals surface area contributed by atoms with Crippen molar-refractivity contribution in [3.8, 4) is 5.75 Å². The molecular formula is C19H22N2O3S. The molecule has 0 aliphatic heterocycles. The average Bonchev–Trinajstić information content (AvgIpc) is 2.62. The Balaban J connectivity index is 1.76. The van der Waals surface area contributed by atoms with Crippen LogP contribution in [0.4, 0.5) is 11.4 Å². The van der Waals surface area contributed by atoms with Gasteiger partial charge in [0.2, 0.25) is 11.8 Å². The number of carbonyl (C=O) groups is 2. The number of thioether (sulfide) groups is 1. The number of hydrogen-bond donors (Lipinski definition) is 2. The van der Waals surface area contributed by atoms with E-state index in [9.17, 15) is 9.59 Å². The van der Waals surface area contributed by atoms with E-state index in [2.05, 4.69) is 10.6 Å². The molecule has 2 rings (SSSR count). The first-order chi connectivity index (χ1) is 12.1. The Morgan fingerprint density at radius 1 is 1.00 bits per heavy atom. The van der Waals surface area contributed by atoms with Crippen molar-refractivity contribution in [1.29, 1.82) is 0 Å². The highest BCUT2D eigenvalue weighted by atomic mass is 32.2. The van der Waals surface area contributed by atoms with Crippen LogP contribution < -0.4 is 15.4 Å². The highest BCUT2D eigenvalue weighted by Gasteiger charge is 2.15. The average molecular weight is 358 g/mol. The van der Waals surface area contributed by atoms with Crippen LogP contribution in [0.15, 0.2) is 54.6 Å². The van der Waals surface area contributed by atoms with E-state index in [0.29, 0.717) is 12.3 Å². The van der Waals surface area contributed by atoms with E-state index >= 15 is 0 Å². The van der Waals surface area contributed by atoms with Crippen molar-refractivity contribution in [1.82, 2.24) is 0 Å². The van der Waals surface area contributed by atoms with Crippen LogP contribution in [0.5, 0.6) is 5.75 Å². The van der Waals surface area contributed by atoms with Crippen LogP contribution in [0.1, 0.15) is 13.8 Å². The highest BCUT2D eigenvalue weighted by molar-refractivity contribution is 8.01. The summed E-state index contributed by atoms with van der Waals surface area (Å²) in [5.74, 6) is 0.714. The van der Waals surface area contributed by atoms with E-state index in [1.54, 1.807) is 19.1 Å². The zero-order valence-corrected chi connectivity index (χ0v) is 15.1. The molecule has 0 aliphatic carbocycles. The maximum absolute atomic E-state index is 12.2. The lowest BCUT2D eigenvalue weighted by atomic mass is 10.3. The van der Waals surface area contributed by atoms with Gasteiger partial charge in [-0.05, 0) is 50.2 Å². The van der Waals surface area contributed by atoms with Gasteiger partial charge >= 0.3 is 0 Å². The van der Waals surface area contributed by atoms with Crippen molar-refractivity contribution in [2.24, 2.45) is 0 Å². The molecule has 25 heavy (non-hydrogen) atoms.